The molecular weight excluding hydrogens is 320 g/mol. The first-order valence-electron chi connectivity index (χ1n) is 10.7. The first kappa shape index (κ1) is 18.3. The van der Waals surface area contributed by atoms with Gasteiger partial charge in [0.2, 0.25) is 0 Å². The van der Waals surface area contributed by atoms with Gasteiger partial charge in [0.05, 0.1) is 6.10 Å². The van der Waals surface area contributed by atoms with Crippen molar-refractivity contribution in [1.82, 2.24) is 0 Å². The van der Waals surface area contributed by atoms with Crippen molar-refractivity contribution in [1.29, 1.82) is 0 Å². The lowest BCUT2D eigenvalue weighted by Gasteiger charge is -2.60. The topological polar surface area (TPSA) is 37.3 Å². The number of fused-ring (bicyclic) bond motifs is 5. The highest BCUT2D eigenvalue weighted by molar-refractivity contribution is 5.91. The van der Waals surface area contributed by atoms with Gasteiger partial charge in [-0.15, -0.1) is 5.73 Å². The van der Waals surface area contributed by atoms with Gasteiger partial charge in [0.1, 0.15) is 0 Å². The van der Waals surface area contributed by atoms with Gasteiger partial charge >= 0.3 is 0 Å². The number of aliphatic hydroxyl groups is 1. The van der Waals surface area contributed by atoms with E-state index in [1.165, 1.54) is 30.4 Å². The average Bonchev–Trinajstić information content (AvgIpc) is 2.89. The van der Waals surface area contributed by atoms with Crippen molar-refractivity contribution in [2.45, 2.75) is 84.7 Å². The largest absolute Gasteiger partial charge is 0.393 e. The van der Waals surface area contributed by atoms with Gasteiger partial charge in [-0.25, -0.2) is 0 Å². The third kappa shape index (κ3) is 2.69. The molecule has 0 aromatic carbocycles. The highest BCUT2D eigenvalue weighted by Gasteiger charge is 2.61. The molecule has 0 saturated heterocycles. The van der Waals surface area contributed by atoms with Crippen LogP contribution in [0.5, 0.6) is 0 Å². The minimum absolute atomic E-state index is 0.111. The minimum atomic E-state index is -0.122. The molecule has 142 valence electrons. The molecule has 3 fully saturated rings. The van der Waals surface area contributed by atoms with E-state index < -0.39 is 0 Å². The highest BCUT2D eigenvalue weighted by atomic mass is 16.3. The Bertz CT molecular complexity index is 691. The van der Waals surface area contributed by atoms with E-state index in [1.807, 2.05) is 6.08 Å². The Morgan fingerprint density at radius 2 is 2.00 bits per heavy atom. The third-order valence-corrected chi connectivity index (χ3v) is 8.50. The van der Waals surface area contributed by atoms with Gasteiger partial charge < -0.3 is 5.11 Å². The van der Waals surface area contributed by atoms with Crippen molar-refractivity contribution in [3.8, 4) is 0 Å². The van der Waals surface area contributed by atoms with Gasteiger partial charge in [0.15, 0.2) is 5.78 Å². The van der Waals surface area contributed by atoms with Gasteiger partial charge in [0, 0.05) is 6.42 Å². The molecule has 2 nitrogen and oxygen atoms in total. The molecule has 4 rings (SSSR count). The van der Waals surface area contributed by atoms with Gasteiger partial charge in [-0.05, 0) is 112 Å². The summed E-state index contributed by atoms with van der Waals surface area (Å²) >= 11 is 0. The van der Waals surface area contributed by atoms with E-state index >= 15 is 0 Å². The maximum absolute atomic E-state index is 12.0. The average molecular weight is 355 g/mol. The summed E-state index contributed by atoms with van der Waals surface area (Å²) in [7, 11) is 0. The first-order chi connectivity index (χ1) is 12.4. The van der Waals surface area contributed by atoms with E-state index in [4.69, 9.17) is 0 Å². The van der Waals surface area contributed by atoms with Crippen molar-refractivity contribution in [3.63, 3.8) is 0 Å². The number of allylic oxidation sites excluding steroid dienone is 2. The normalized spacial score (nSPS) is 44.3. The summed E-state index contributed by atoms with van der Waals surface area (Å²) in [4.78, 5) is 12.0. The lowest BCUT2D eigenvalue weighted by Crippen LogP contribution is -2.54. The highest BCUT2D eigenvalue weighted by Crippen LogP contribution is 2.68. The molecule has 4 aliphatic rings. The minimum Gasteiger partial charge on any atom is -0.393 e. The molecule has 0 spiro atoms. The molecule has 0 aromatic rings. The van der Waals surface area contributed by atoms with Crippen LogP contribution in [0.25, 0.3) is 0 Å². The zero-order chi connectivity index (χ0) is 18.5. The molecule has 26 heavy (non-hydrogen) atoms. The molecule has 4 aliphatic carbocycles. The lowest BCUT2D eigenvalue weighted by molar-refractivity contribution is -0.121. The van der Waals surface area contributed by atoms with Crippen LogP contribution >= 0.6 is 0 Å². The summed E-state index contributed by atoms with van der Waals surface area (Å²) in [6, 6.07) is 0. The van der Waals surface area contributed by atoms with Crippen molar-refractivity contribution >= 4 is 5.78 Å². The fourth-order valence-electron chi connectivity index (χ4n) is 7.18. The van der Waals surface area contributed by atoms with E-state index in [0.717, 1.165) is 38.5 Å². The molecule has 0 unspecified atom stereocenters. The Balaban J connectivity index is 1.75. The standard InChI is InChI=1S/C24H34O2/c1-16(2)5-4-12-24-14-13-23(3)20(10-11-22(23)26)21(24)8-6-17-15-18(25)7-9-19(17)24/h4,15,19-22,26H,6-14H2,1-3H3/t19-,20-,21-,22+,23-,24+/m0/s1. The molecule has 1 N–H and O–H groups in total. The molecule has 0 amide bonds. The Morgan fingerprint density at radius 1 is 1.19 bits per heavy atom. The smallest absolute Gasteiger partial charge is 0.155 e. The molecule has 3 saturated carbocycles. The van der Waals surface area contributed by atoms with Gasteiger partial charge in [0.25, 0.3) is 0 Å². The van der Waals surface area contributed by atoms with Crippen molar-refractivity contribution in [2.24, 2.45) is 28.6 Å². The molecule has 0 bridgehead atoms. The van der Waals surface area contributed by atoms with Crippen molar-refractivity contribution in [3.05, 3.63) is 29.0 Å². The van der Waals surface area contributed by atoms with Crippen LogP contribution < -0.4 is 0 Å². The molecule has 2 heteroatoms. The summed E-state index contributed by atoms with van der Waals surface area (Å²) in [5, 5.41) is 10.7. The summed E-state index contributed by atoms with van der Waals surface area (Å²) in [6.07, 6.45) is 13.8. The zero-order valence-electron chi connectivity index (χ0n) is 16.7. The maximum Gasteiger partial charge on any atom is 0.155 e. The third-order valence-electron chi connectivity index (χ3n) is 8.50. The van der Waals surface area contributed by atoms with Crippen molar-refractivity contribution < 1.29 is 9.90 Å². The van der Waals surface area contributed by atoms with Crippen LogP contribution in [-0.2, 0) is 4.79 Å². The lowest BCUT2D eigenvalue weighted by atomic mass is 9.44. The summed E-state index contributed by atoms with van der Waals surface area (Å²) in [6.45, 7) is 6.58. The zero-order valence-corrected chi connectivity index (χ0v) is 16.7. The molecular formula is C24H34O2. The molecule has 0 radical (unpaired) electrons. The van der Waals surface area contributed by atoms with Gasteiger partial charge in [-0.2, -0.15) is 0 Å². The quantitative estimate of drug-likeness (QED) is 0.677. The van der Waals surface area contributed by atoms with E-state index in [2.05, 4.69) is 32.6 Å². The predicted molar refractivity (Wildman–Crippen MR) is 105 cm³/mol. The molecule has 0 heterocycles. The fourth-order valence-corrected chi connectivity index (χ4v) is 7.18. The number of hydrogen-bond donors (Lipinski definition) is 1. The maximum atomic E-state index is 12.0. The number of carbonyl (C=O) groups is 1. The number of aliphatic hydroxyl groups excluding tert-OH is 1. The monoisotopic (exact) mass is 354 g/mol. The second kappa shape index (κ2) is 6.50. The van der Waals surface area contributed by atoms with E-state index in [0.29, 0.717) is 23.5 Å². The summed E-state index contributed by atoms with van der Waals surface area (Å²) in [5.74, 6) is 2.23. The molecule has 6 atom stereocenters. The fraction of sp³-hybridized carbons (Fsp3) is 0.750. The first-order valence-corrected chi connectivity index (χ1v) is 10.7. The Hall–Kier alpha value is -1.11. The van der Waals surface area contributed by atoms with E-state index in [-0.39, 0.29) is 16.9 Å². The second-order valence-electron chi connectivity index (χ2n) is 9.91. The van der Waals surface area contributed by atoms with Gasteiger partial charge in [-0.3, -0.25) is 4.79 Å². The Kier molecular flexibility index (Phi) is 4.56. The van der Waals surface area contributed by atoms with Crippen LogP contribution in [0.4, 0.5) is 0 Å². The Labute approximate surface area is 158 Å². The van der Waals surface area contributed by atoms with Gasteiger partial charge in [-0.1, -0.05) is 12.5 Å². The second-order valence-corrected chi connectivity index (χ2v) is 9.91. The number of hydrogen-bond acceptors (Lipinski definition) is 2. The number of ketones is 1. The summed E-state index contributed by atoms with van der Waals surface area (Å²) < 4.78 is 0. The molecule has 0 aliphatic heterocycles. The van der Waals surface area contributed by atoms with Crippen molar-refractivity contribution in [2.75, 3.05) is 0 Å². The van der Waals surface area contributed by atoms with Crippen LogP contribution in [0.3, 0.4) is 0 Å². The summed E-state index contributed by atoms with van der Waals surface area (Å²) in [5.41, 5.74) is 6.52. The van der Waals surface area contributed by atoms with Crippen LogP contribution in [0.2, 0.25) is 0 Å². The number of carbonyl (C=O) groups excluding carboxylic acids is 1. The predicted octanol–water partition coefficient (Wildman–Crippen LogP) is 5.37. The van der Waals surface area contributed by atoms with Crippen LogP contribution in [0.15, 0.2) is 29.0 Å². The number of rotatable bonds is 2. The van der Waals surface area contributed by atoms with Crippen LogP contribution in [0, 0.1) is 28.6 Å². The Morgan fingerprint density at radius 3 is 2.77 bits per heavy atom. The van der Waals surface area contributed by atoms with Crippen LogP contribution in [0.1, 0.15) is 78.6 Å². The van der Waals surface area contributed by atoms with Crippen LogP contribution in [-0.4, -0.2) is 17.0 Å². The van der Waals surface area contributed by atoms with E-state index in [9.17, 15) is 9.90 Å². The van der Waals surface area contributed by atoms with E-state index in [1.54, 1.807) is 0 Å². The SMILES string of the molecule is CC(C)=C=CC[C@]12CC[C@]3(C)[C@H](O)CC[C@H]3[C@@H]1CCC1=CC(=O)CC[C@@H]12. The molecule has 0 aromatic heterocycles.